The Hall–Kier alpha value is -1.01. The van der Waals surface area contributed by atoms with Crippen LogP contribution in [0.15, 0.2) is 17.8 Å². The maximum Gasteiger partial charge on any atom is 0.267 e. The lowest BCUT2D eigenvalue weighted by atomic mass is 10.1. The minimum absolute atomic E-state index is 0.00301. The molecule has 86 valence electrons. The van der Waals surface area contributed by atoms with E-state index in [9.17, 15) is 9.35 Å². The highest BCUT2D eigenvalue weighted by Gasteiger charge is 2.31. The van der Waals surface area contributed by atoms with Gasteiger partial charge in [0.05, 0.1) is 0 Å². The van der Waals surface area contributed by atoms with E-state index in [1.54, 1.807) is 6.92 Å². The van der Waals surface area contributed by atoms with Crippen molar-refractivity contribution in [3.63, 3.8) is 0 Å². The molecule has 0 aromatic carbocycles. The second-order valence-corrected chi connectivity index (χ2v) is 4.26. The second-order valence-electron chi connectivity index (χ2n) is 2.81. The van der Waals surface area contributed by atoms with Gasteiger partial charge in [-0.3, -0.25) is 4.79 Å². The number of carbonyl (C=O) groups excluding carboxylic acids is 1. The van der Waals surface area contributed by atoms with Gasteiger partial charge in [0.15, 0.2) is 0 Å². The minimum atomic E-state index is -1.49. The van der Waals surface area contributed by atoms with Crippen molar-refractivity contribution in [2.75, 3.05) is 12.8 Å². The van der Waals surface area contributed by atoms with Crippen LogP contribution in [0.4, 0.5) is 0 Å². The molecule has 0 heterocycles. The molecular formula is C9H16N2O3S. The Morgan fingerprint density at radius 2 is 2.40 bits per heavy atom. The predicted molar refractivity (Wildman–Crippen MR) is 60.3 cm³/mol. The maximum absolute atomic E-state index is 11.6. The van der Waals surface area contributed by atoms with Crippen molar-refractivity contribution in [2.24, 2.45) is 11.1 Å². The first-order valence-electron chi connectivity index (χ1n) is 4.55. The summed E-state index contributed by atoms with van der Waals surface area (Å²) >= 11 is -1.49. The number of hydrogen-bond acceptors (Lipinski definition) is 4. The van der Waals surface area contributed by atoms with Gasteiger partial charge in [-0.25, -0.2) is 0 Å². The molecule has 2 N–H and O–H groups in total. The Balaban J connectivity index is 4.76. The van der Waals surface area contributed by atoms with Crippen LogP contribution in [-0.4, -0.2) is 33.5 Å². The van der Waals surface area contributed by atoms with Crippen molar-refractivity contribution < 1.29 is 14.6 Å². The van der Waals surface area contributed by atoms with Crippen LogP contribution in [0.3, 0.4) is 0 Å². The molecule has 0 fully saturated rings. The highest BCUT2D eigenvalue weighted by molar-refractivity contribution is 8.06. The van der Waals surface area contributed by atoms with Gasteiger partial charge in [0.1, 0.15) is 11.7 Å². The number of rotatable bonds is 5. The standard InChI is InChI=1S/C9H16N2O3S/c1-4-6-15(14)9(11-13)7(5-2)8(12)10-3/h4,7,13H,1,5-6H2,2-3H3,(H,10,12). The Labute approximate surface area is 92.4 Å². The summed E-state index contributed by atoms with van der Waals surface area (Å²) in [6.45, 7) is 5.20. The summed E-state index contributed by atoms with van der Waals surface area (Å²) in [5, 5.41) is 14.1. The van der Waals surface area contributed by atoms with Crippen LogP contribution in [-0.2, 0) is 16.0 Å². The Bertz CT molecular complexity index is 256. The normalized spacial score (nSPS) is 15.5. The number of hydrogen-bond donors (Lipinski definition) is 2. The lowest BCUT2D eigenvalue weighted by Crippen LogP contribution is -2.37. The summed E-state index contributed by atoms with van der Waals surface area (Å²) in [6.07, 6.45) is 1.89. The predicted octanol–water partition coefficient (Wildman–Crippen LogP) is 0.481. The van der Waals surface area contributed by atoms with Gasteiger partial charge in [0.25, 0.3) is 5.04 Å². The van der Waals surface area contributed by atoms with Crippen molar-refractivity contribution in [1.29, 1.82) is 0 Å². The molecule has 0 aliphatic heterocycles. The van der Waals surface area contributed by atoms with Gasteiger partial charge in [0, 0.05) is 18.2 Å². The van der Waals surface area contributed by atoms with Gasteiger partial charge in [-0.2, -0.15) is 0 Å². The van der Waals surface area contributed by atoms with Crippen LogP contribution in [0.2, 0.25) is 0 Å². The summed E-state index contributed by atoms with van der Waals surface area (Å²) in [7, 11) is 1.48. The van der Waals surface area contributed by atoms with E-state index in [0.717, 1.165) is 0 Å². The third-order valence-corrected chi connectivity index (χ3v) is 3.24. The zero-order valence-electron chi connectivity index (χ0n) is 8.90. The summed E-state index contributed by atoms with van der Waals surface area (Å²) in [6, 6.07) is 0. The van der Waals surface area contributed by atoms with E-state index < -0.39 is 17.1 Å². The second kappa shape index (κ2) is 7.30. The van der Waals surface area contributed by atoms with E-state index in [1.807, 2.05) is 0 Å². The highest BCUT2D eigenvalue weighted by atomic mass is 32.2. The van der Waals surface area contributed by atoms with Crippen molar-refractivity contribution in [2.45, 2.75) is 13.3 Å². The first-order chi connectivity index (χ1) is 7.12. The van der Waals surface area contributed by atoms with Gasteiger partial charge >= 0.3 is 0 Å². The van der Waals surface area contributed by atoms with E-state index in [2.05, 4.69) is 17.1 Å². The maximum atomic E-state index is 11.6. The van der Waals surface area contributed by atoms with Crippen LogP contribution in [0.1, 0.15) is 13.3 Å². The summed E-state index contributed by atoms with van der Waals surface area (Å²) in [5.74, 6) is -0.782. The summed E-state index contributed by atoms with van der Waals surface area (Å²) < 4.78 is 11.6. The van der Waals surface area contributed by atoms with Crippen molar-refractivity contribution in [3.05, 3.63) is 12.7 Å². The molecule has 0 radical (unpaired) electrons. The Kier molecular flexibility index (Phi) is 6.81. The highest BCUT2D eigenvalue weighted by Crippen LogP contribution is 2.12. The number of oxime groups is 1. The zero-order chi connectivity index (χ0) is 11.8. The molecule has 0 saturated heterocycles. The molecule has 0 bridgehead atoms. The summed E-state index contributed by atoms with van der Waals surface area (Å²) in [5.41, 5.74) is 0. The van der Waals surface area contributed by atoms with Gasteiger partial charge < -0.3 is 15.1 Å². The van der Waals surface area contributed by atoms with Gasteiger partial charge in [0.2, 0.25) is 5.91 Å². The molecule has 0 aliphatic rings. The molecule has 0 rings (SSSR count). The Morgan fingerprint density at radius 1 is 1.80 bits per heavy atom. The average molecular weight is 232 g/mol. The molecule has 15 heavy (non-hydrogen) atoms. The van der Waals surface area contributed by atoms with Gasteiger partial charge in [-0.1, -0.05) is 13.5 Å². The van der Waals surface area contributed by atoms with Crippen molar-refractivity contribution in [1.82, 2.24) is 5.32 Å². The Morgan fingerprint density at radius 3 is 2.73 bits per heavy atom. The van der Waals surface area contributed by atoms with E-state index >= 15 is 0 Å². The molecule has 0 aromatic heterocycles. The topological polar surface area (TPSA) is 84.8 Å². The van der Waals surface area contributed by atoms with Crippen LogP contribution < -0.4 is 5.32 Å². The monoisotopic (exact) mass is 232 g/mol. The number of amides is 1. The molecule has 6 heteroatoms. The first-order valence-corrected chi connectivity index (χ1v) is 5.87. The SMILES string of the molecule is C=CC[S+]([O-])C(=NO)C(CC)C(=O)NC. The van der Waals surface area contributed by atoms with E-state index in [4.69, 9.17) is 5.21 Å². The molecule has 0 aromatic rings. The molecular weight excluding hydrogens is 216 g/mol. The number of carbonyl (C=O) groups is 1. The summed E-state index contributed by atoms with van der Waals surface area (Å²) in [4.78, 5) is 11.4. The fourth-order valence-corrected chi connectivity index (χ4v) is 2.18. The van der Waals surface area contributed by atoms with Crippen LogP contribution in [0.25, 0.3) is 0 Å². The van der Waals surface area contributed by atoms with Gasteiger partial charge in [-0.05, 0) is 17.7 Å². The fraction of sp³-hybridized carbons (Fsp3) is 0.556. The lowest BCUT2D eigenvalue weighted by Gasteiger charge is -2.16. The van der Waals surface area contributed by atoms with Gasteiger partial charge in [-0.15, -0.1) is 0 Å². The van der Waals surface area contributed by atoms with Crippen LogP contribution >= 0.6 is 0 Å². The molecule has 5 nitrogen and oxygen atoms in total. The van der Waals surface area contributed by atoms with Crippen molar-refractivity contribution in [3.8, 4) is 0 Å². The van der Waals surface area contributed by atoms with E-state index in [0.29, 0.717) is 6.42 Å². The van der Waals surface area contributed by atoms with Crippen molar-refractivity contribution >= 4 is 22.1 Å². The molecule has 2 unspecified atom stereocenters. The molecule has 0 aliphatic carbocycles. The first kappa shape index (κ1) is 14.0. The number of nitrogens with one attached hydrogen (secondary N) is 1. The van der Waals surface area contributed by atoms with E-state index in [-0.39, 0.29) is 16.7 Å². The van der Waals surface area contributed by atoms with E-state index in [1.165, 1.54) is 13.1 Å². The molecule has 0 saturated carbocycles. The van der Waals surface area contributed by atoms with Crippen LogP contribution in [0, 0.1) is 5.92 Å². The molecule has 0 spiro atoms. The average Bonchev–Trinajstić information content (AvgIpc) is 2.24. The number of nitrogens with zero attached hydrogens (tertiary/aromatic N) is 1. The molecule has 1 amide bonds. The minimum Gasteiger partial charge on any atom is -0.610 e. The zero-order valence-corrected chi connectivity index (χ0v) is 9.71. The smallest absolute Gasteiger partial charge is 0.267 e. The third kappa shape index (κ3) is 3.93. The fourth-order valence-electron chi connectivity index (χ4n) is 1.11. The third-order valence-electron chi connectivity index (χ3n) is 1.87. The van der Waals surface area contributed by atoms with Crippen LogP contribution in [0.5, 0.6) is 0 Å². The largest absolute Gasteiger partial charge is 0.610 e. The quantitative estimate of drug-likeness (QED) is 0.180. The lowest BCUT2D eigenvalue weighted by molar-refractivity contribution is -0.122. The molecule has 2 atom stereocenters.